The number of hydrogen-bond acceptors (Lipinski definition) is 3. The molecule has 1 fully saturated rings. The number of benzene rings is 1. The van der Waals surface area contributed by atoms with E-state index in [1.165, 1.54) is 18.4 Å². The first kappa shape index (κ1) is 13.5. The molecule has 0 saturated carbocycles. The number of nitrogens with one attached hydrogen (secondary N) is 2. The third-order valence-corrected chi connectivity index (χ3v) is 4.48. The lowest BCUT2D eigenvalue weighted by Crippen LogP contribution is -2.34. The van der Waals surface area contributed by atoms with E-state index >= 15 is 0 Å². The molecule has 1 atom stereocenters. The lowest BCUT2D eigenvalue weighted by Gasteiger charge is -2.31. The summed E-state index contributed by atoms with van der Waals surface area (Å²) in [5, 5.41) is 0. The number of likely N-dealkylation sites (tertiary alicyclic amines) is 1. The largest absolute Gasteiger partial charge is 0.348 e. The number of nitrogens with zero attached hydrogens (tertiary/aromatic N) is 3. The van der Waals surface area contributed by atoms with E-state index < -0.39 is 0 Å². The van der Waals surface area contributed by atoms with Gasteiger partial charge in [0.05, 0.1) is 17.6 Å². The number of aromatic amines is 2. The molecule has 1 unspecified atom stereocenters. The Kier molecular flexibility index (Phi) is 3.42. The van der Waals surface area contributed by atoms with Crippen LogP contribution in [0.2, 0.25) is 0 Å². The van der Waals surface area contributed by atoms with Crippen molar-refractivity contribution in [1.82, 2.24) is 24.8 Å². The summed E-state index contributed by atoms with van der Waals surface area (Å²) in [6.45, 7) is 5.19. The van der Waals surface area contributed by atoms with E-state index in [-0.39, 0.29) is 0 Å². The van der Waals surface area contributed by atoms with Gasteiger partial charge in [0, 0.05) is 24.9 Å². The van der Waals surface area contributed by atoms with Gasteiger partial charge in [0.25, 0.3) is 0 Å². The average molecular weight is 295 g/mol. The Hall–Kier alpha value is -2.14. The van der Waals surface area contributed by atoms with E-state index in [4.69, 9.17) is 4.98 Å². The Bertz CT molecular complexity index is 759. The van der Waals surface area contributed by atoms with Gasteiger partial charge in [0.1, 0.15) is 11.6 Å². The summed E-state index contributed by atoms with van der Waals surface area (Å²) in [6.07, 6.45) is 6.12. The van der Waals surface area contributed by atoms with E-state index in [1.807, 2.05) is 12.4 Å². The smallest absolute Gasteiger partial charge is 0.120 e. The van der Waals surface area contributed by atoms with Gasteiger partial charge in [-0.2, -0.15) is 0 Å². The van der Waals surface area contributed by atoms with Gasteiger partial charge in [-0.25, -0.2) is 9.97 Å². The Morgan fingerprint density at radius 3 is 3.18 bits per heavy atom. The molecule has 0 spiro atoms. The summed E-state index contributed by atoms with van der Waals surface area (Å²) in [5.41, 5.74) is 3.49. The van der Waals surface area contributed by atoms with Gasteiger partial charge in [0.15, 0.2) is 0 Å². The van der Waals surface area contributed by atoms with Crippen molar-refractivity contribution in [3.05, 3.63) is 47.8 Å². The van der Waals surface area contributed by atoms with Crippen LogP contribution in [0, 0.1) is 6.92 Å². The highest BCUT2D eigenvalue weighted by Gasteiger charge is 2.24. The van der Waals surface area contributed by atoms with Gasteiger partial charge in [-0.05, 0) is 44.0 Å². The second-order valence-corrected chi connectivity index (χ2v) is 6.25. The zero-order valence-electron chi connectivity index (χ0n) is 12.8. The van der Waals surface area contributed by atoms with Crippen molar-refractivity contribution in [3.63, 3.8) is 0 Å². The minimum absolute atomic E-state index is 0.483. The maximum Gasteiger partial charge on any atom is 0.120 e. The molecule has 2 aromatic heterocycles. The highest BCUT2D eigenvalue weighted by molar-refractivity contribution is 5.75. The molecule has 1 saturated heterocycles. The molecule has 3 aromatic rings. The highest BCUT2D eigenvalue weighted by atomic mass is 15.2. The fourth-order valence-corrected chi connectivity index (χ4v) is 3.36. The van der Waals surface area contributed by atoms with Crippen molar-refractivity contribution in [2.24, 2.45) is 0 Å². The first-order valence-electron chi connectivity index (χ1n) is 7.95. The molecule has 0 radical (unpaired) electrons. The second kappa shape index (κ2) is 5.57. The van der Waals surface area contributed by atoms with Crippen LogP contribution in [-0.4, -0.2) is 37.9 Å². The summed E-state index contributed by atoms with van der Waals surface area (Å²) in [7, 11) is 0. The first-order valence-corrected chi connectivity index (χ1v) is 7.95. The molecule has 0 bridgehead atoms. The Morgan fingerprint density at radius 2 is 2.32 bits per heavy atom. The fourth-order valence-electron chi connectivity index (χ4n) is 3.36. The van der Waals surface area contributed by atoms with E-state index in [2.05, 4.69) is 45.0 Å². The van der Waals surface area contributed by atoms with Crippen LogP contribution in [0.15, 0.2) is 30.6 Å². The van der Waals surface area contributed by atoms with Gasteiger partial charge in [-0.3, -0.25) is 4.90 Å². The van der Waals surface area contributed by atoms with Crippen LogP contribution in [-0.2, 0) is 6.54 Å². The maximum atomic E-state index is 4.80. The fraction of sp³-hybridized carbons (Fsp3) is 0.412. The highest BCUT2D eigenvalue weighted by Crippen LogP contribution is 2.27. The summed E-state index contributed by atoms with van der Waals surface area (Å²) in [4.78, 5) is 18.3. The van der Waals surface area contributed by atoms with Crippen LogP contribution >= 0.6 is 0 Å². The van der Waals surface area contributed by atoms with E-state index in [9.17, 15) is 0 Å². The summed E-state index contributed by atoms with van der Waals surface area (Å²) < 4.78 is 0. The summed E-state index contributed by atoms with van der Waals surface area (Å²) in [5.74, 6) is 2.65. The quantitative estimate of drug-likeness (QED) is 0.781. The minimum Gasteiger partial charge on any atom is -0.348 e. The van der Waals surface area contributed by atoms with E-state index in [0.29, 0.717) is 5.92 Å². The molecular formula is C17H21N5. The van der Waals surface area contributed by atoms with Crippen molar-refractivity contribution < 1.29 is 0 Å². The Labute approximate surface area is 129 Å². The van der Waals surface area contributed by atoms with Crippen LogP contribution in [0.5, 0.6) is 0 Å². The second-order valence-electron chi connectivity index (χ2n) is 6.25. The number of aryl methyl sites for hydroxylation is 1. The van der Waals surface area contributed by atoms with Crippen LogP contribution in [0.3, 0.4) is 0 Å². The zero-order chi connectivity index (χ0) is 14.9. The Morgan fingerprint density at radius 1 is 1.36 bits per heavy atom. The molecule has 1 aromatic carbocycles. The topological polar surface area (TPSA) is 60.6 Å². The maximum absolute atomic E-state index is 4.80. The van der Waals surface area contributed by atoms with E-state index in [1.54, 1.807) is 0 Å². The van der Waals surface area contributed by atoms with Crippen LogP contribution < -0.4 is 0 Å². The monoisotopic (exact) mass is 295 g/mol. The van der Waals surface area contributed by atoms with Gasteiger partial charge in [-0.1, -0.05) is 6.07 Å². The van der Waals surface area contributed by atoms with Crippen LogP contribution in [0.4, 0.5) is 0 Å². The number of hydrogen-bond donors (Lipinski definition) is 2. The minimum atomic E-state index is 0.483. The molecule has 114 valence electrons. The Balaban J connectivity index is 1.53. The van der Waals surface area contributed by atoms with Crippen molar-refractivity contribution in [2.45, 2.75) is 32.2 Å². The van der Waals surface area contributed by atoms with Crippen LogP contribution in [0.25, 0.3) is 11.0 Å². The summed E-state index contributed by atoms with van der Waals surface area (Å²) >= 11 is 0. The lowest BCUT2D eigenvalue weighted by molar-refractivity contribution is 0.193. The zero-order valence-corrected chi connectivity index (χ0v) is 12.8. The van der Waals surface area contributed by atoms with Crippen molar-refractivity contribution in [3.8, 4) is 0 Å². The molecular weight excluding hydrogens is 274 g/mol. The molecule has 1 aliphatic heterocycles. The SMILES string of the molecule is Cc1ccc2nc(C3CCCN(Cc4ncc[nH]4)C3)[nH]c2c1. The third kappa shape index (κ3) is 2.64. The average Bonchev–Trinajstić information content (AvgIpc) is 3.16. The number of fused-ring (bicyclic) bond motifs is 1. The summed E-state index contributed by atoms with van der Waals surface area (Å²) in [6, 6.07) is 6.40. The molecule has 0 amide bonds. The standard InChI is InChI=1S/C17H21N5/c1-12-4-5-14-15(9-12)21-17(20-14)13-3-2-8-22(10-13)11-16-18-6-7-19-16/h4-7,9,13H,2-3,8,10-11H2,1H3,(H,18,19)(H,20,21). The predicted molar refractivity (Wildman–Crippen MR) is 86.7 cm³/mol. The van der Waals surface area contributed by atoms with Crippen molar-refractivity contribution >= 4 is 11.0 Å². The molecule has 3 heterocycles. The molecule has 1 aliphatic rings. The van der Waals surface area contributed by atoms with Gasteiger partial charge in [-0.15, -0.1) is 0 Å². The number of H-pyrrole nitrogens is 2. The van der Waals surface area contributed by atoms with Gasteiger partial charge in [0.2, 0.25) is 0 Å². The molecule has 4 rings (SSSR count). The van der Waals surface area contributed by atoms with Gasteiger partial charge >= 0.3 is 0 Å². The predicted octanol–water partition coefficient (Wildman–Crippen LogP) is 2.97. The van der Waals surface area contributed by atoms with Crippen molar-refractivity contribution in [1.29, 1.82) is 0 Å². The number of rotatable bonds is 3. The number of imidazole rings is 2. The molecule has 0 aliphatic carbocycles. The van der Waals surface area contributed by atoms with E-state index in [0.717, 1.165) is 42.3 Å². The van der Waals surface area contributed by atoms with Gasteiger partial charge < -0.3 is 9.97 Å². The lowest BCUT2D eigenvalue weighted by atomic mass is 9.97. The van der Waals surface area contributed by atoms with Crippen molar-refractivity contribution in [2.75, 3.05) is 13.1 Å². The molecule has 5 heteroatoms. The normalized spacial score (nSPS) is 19.8. The molecule has 5 nitrogen and oxygen atoms in total. The molecule has 2 N–H and O–H groups in total. The third-order valence-electron chi connectivity index (χ3n) is 4.48. The number of piperidine rings is 1. The molecule has 22 heavy (non-hydrogen) atoms. The number of aromatic nitrogens is 4. The van der Waals surface area contributed by atoms with Crippen LogP contribution in [0.1, 0.15) is 36.0 Å². The first-order chi connectivity index (χ1) is 10.8.